The molecule has 0 spiro atoms. The predicted octanol–water partition coefficient (Wildman–Crippen LogP) is 0.465. The van der Waals surface area contributed by atoms with E-state index in [4.69, 9.17) is 10.6 Å². The first-order valence-corrected chi connectivity index (χ1v) is 3.66. The summed E-state index contributed by atoms with van der Waals surface area (Å²) in [6.45, 7) is 3.88. The van der Waals surface area contributed by atoms with E-state index in [1.165, 1.54) is 0 Å². The lowest BCUT2D eigenvalue weighted by Crippen LogP contribution is -2.24. The molecule has 62 valence electrons. The minimum Gasteiger partial charge on any atom is -0.330 e. The van der Waals surface area contributed by atoms with Crippen LogP contribution in [0, 0.1) is 5.92 Å². The zero-order valence-corrected chi connectivity index (χ0v) is 7.13. The summed E-state index contributed by atoms with van der Waals surface area (Å²) in [5.41, 5.74) is 5.39. The Morgan fingerprint density at radius 1 is 1.60 bits per heavy atom. The molecule has 1 unspecified atom stereocenters. The molecule has 2 N–H and O–H groups in total. The Morgan fingerprint density at radius 3 is 2.60 bits per heavy atom. The van der Waals surface area contributed by atoms with Gasteiger partial charge in [-0.1, -0.05) is 6.92 Å². The van der Waals surface area contributed by atoms with Crippen LogP contribution in [-0.2, 0) is 4.84 Å². The van der Waals surface area contributed by atoms with Crippen molar-refractivity contribution in [3.63, 3.8) is 0 Å². The topological polar surface area (TPSA) is 38.5 Å². The van der Waals surface area contributed by atoms with Crippen LogP contribution in [0.1, 0.15) is 13.3 Å². The van der Waals surface area contributed by atoms with Crippen LogP contribution in [-0.4, -0.2) is 32.3 Å². The molecule has 0 aromatic heterocycles. The smallest absolute Gasteiger partial charge is 0.0575 e. The summed E-state index contributed by atoms with van der Waals surface area (Å²) < 4.78 is 0. The van der Waals surface area contributed by atoms with Crippen molar-refractivity contribution < 1.29 is 4.84 Å². The SMILES string of the molecule is CON(C)CC(C)CCN. The van der Waals surface area contributed by atoms with Gasteiger partial charge in [-0.05, 0) is 18.9 Å². The number of hydroxylamine groups is 2. The number of hydrogen-bond acceptors (Lipinski definition) is 3. The van der Waals surface area contributed by atoms with Crippen molar-refractivity contribution in [3.8, 4) is 0 Å². The van der Waals surface area contributed by atoms with Crippen LogP contribution in [0.3, 0.4) is 0 Å². The van der Waals surface area contributed by atoms with Gasteiger partial charge in [-0.25, -0.2) is 0 Å². The Morgan fingerprint density at radius 2 is 2.20 bits per heavy atom. The molecule has 0 rings (SSSR count). The van der Waals surface area contributed by atoms with Gasteiger partial charge in [-0.2, -0.15) is 5.06 Å². The van der Waals surface area contributed by atoms with E-state index >= 15 is 0 Å². The first-order chi connectivity index (χ1) is 4.70. The van der Waals surface area contributed by atoms with E-state index in [2.05, 4.69) is 6.92 Å². The molecule has 0 aromatic carbocycles. The lowest BCUT2D eigenvalue weighted by Gasteiger charge is -2.17. The summed E-state index contributed by atoms with van der Waals surface area (Å²) in [6.07, 6.45) is 1.06. The second-order valence-electron chi connectivity index (χ2n) is 2.68. The first kappa shape index (κ1) is 9.88. The lowest BCUT2D eigenvalue weighted by atomic mass is 10.1. The van der Waals surface area contributed by atoms with Crippen LogP contribution in [0.2, 0.25) is 0 Å². The van der Waals surface area contributed by atoms with Crippen molar-refractivity contribution >= 4 is 0 Å². The van der Waals surface area contributed by atoms with Gasteiger partial charge < -0.3 is 10.6 Å². The molecular formula is C7H18N2O. The van der Waals surface area contributed by atoms with Crippen LogP contribution in [0.15, 0.2) is 0 Å². The monoisotopic (exact) mass is 146 g/mol. The summed E-state index contributed by atoms with van der Waals surface area (Å²) in [4.78, 5) is 4.96. The van der Waals surface area contributed by atoms with Crippen LogP contribution in [0.5, 0.6) is 0 Å². The molecule has 0 radical (unpaired) electrons. The van der Waals surface area contributed by atoms with Crippen molar-refractivity contribution in [2.75, 3.05) is 27.2 Å². The summed E-state index contributed by atoms with van der Waals surface area (Å²) in [6, 6.07) is 0. The van der Waals surface area contributed by atoms with Crippen molar-refractivity contribution in [2.45, 2.75) is 13.3 Å². The fraction of sp³-hybridized carbons (Fsp3) is 1.00. The zero-order chi connectivity index (χ0) is 7.98. The fourth-order valence-electron chi connectivity index (χ4n) is 0.889. The second kappa shape index (κ2) is 5.65. The maximum Gasteiger partial charge on any atom is 0.0575 e. The van der Waals surface area contributed by atoms with Gasteiger partial charge in [0.15, 0.2) is 0 Å². The Balaban J connectivity index is 3.27. The van der Waals surface area contributed by atoms with Gasteiger partial charge in [-0.3, -0.25) is 0 Å². The van der Waals surface area contributed by atoms with Gasteiger partial charge >= 0.3 is 0 Å². The minimum absolute atomic E-state index is 0.620. The van der Waals surface area contributed by atoms with Crippen molar-refractivity contribution in [1.29, 1.82) is 0 Å². The van der Waals surface area contributed by atoms with E-state index in [-0.39, 0.29) is 0 Å². The molecule has 0 aliphatic carbocycles. The third kappa shape index (κ3) is 4.73. The molecule has 0 saturated heterocycles. The van der Waals surface area contributed by atoms with E-state index in [0.29, 0.717) is 5.92 Å². The van der Waals surface area contributed by atoms with Crippen molar-refractivity contribution in [1.82, 2.24) is 5.06 Å². The van der Waals surface area contributed by atoms with Gasteiger partial charge in [0, 0.05) is 13.6 Å². The minimum atomic E-state index is 0.620. The predicted molar refractivity (Wildman–Crippen MR) is 42.5 cm³/mol. The van der Waals surface area contributed by atoms with Gasteiger partial charge in [0.25, 0.3) is 0 Å². The summed E-state index contributed by atoms with van der Waals surface area (Å²) >= 11 is 0. The molecule has 0 aromatic rings. The molecule has 0 bridgehead atoms. The van der Waals surface area contributed by atoms with Crippen LogP contribution in [0.4, 0.5) is 0 Å². The Labute approximate surface area is 63.1 Å². The molecule has 0 aliphatic heterocycles. The van der Waals surface area contributed by atoms with E-state index in [9.17, 15) is 0 Å². The van der Waals surface area contributed by atoms with Gasteiger partial charge in [0.2, 0.25) is 0 Å². The van der Waals surface area contributed by atoms with E-state index in [1.54, 1.807) is 7.11 Å². The molecule has 1 atom stereocenters. The fourth-order valence-corrected chi connectivity index (χ4v) is 0.889. The third-order valence-corrected chi connectivity index (χ3v) is 1.54. The Hall–Kier alpha value is -0.120. The summed E-state index contributed by atoms with van der Waals surface area (Å²) in [5.74, 6) is 0.620. The Kier molecular flexibility index (Phi) is 5.58. The average Bonchev–Trinajstić information content (AvgIpc) is 1.88. The second-order valence-corrected chi connectivity index (χ2v) is 2.68. The molecule has 3 heteroatoms. The first-order valence-electron chi connectivity index (χ1n) is 3.66. The van der Waals surface area contributed by atoms with Crippen LogP contribution < -0.4 is 5.73 Å². The highest BCUT2D eigenvalue weighted by molar-refractivity contribution is 4.53. The largest absolute Gasteiger partial charge is 0.330 e. The van der Waals surface area contributed by atoms with E-state index in [0.717, 1.165) is 19.5 Å². The highest BCUT2D eigenvalue weighted by Crippen LogP contribution is 2.01. The van der Waals surface area contributed by atoms with E-state index in [1.807, 2.05) is 12.1 Å². The number of nitrogens with zero attached hydrogens (tertiary/aromatic N) is 1. The highest BCUT2D eigenvalue weighted by Gasteiger charge is 2.03. The quantitative estimate of drug-likeness (QED) is 0.573. The molecule has 0 aliphatic rings. The molecule has 0 saturated carbocycles. The maximum atomic E-state index is 5.39. The molecule has 0 fully saturated rings. The number of hydrogen-bond donors (Lipinski definition) is 1. The average molecular weight is 146 g/mol. The third-order valence-electron chi connectivity index (χ3n) is 1.54. The van der Waals surface area contributed by atoms with Crippen molar-refractivity contribution in [2.24, 2.45) is 11.7 Å². The summed E-state index contributed by atoms with van der Waals surface area (Å²) in [7, 11) is 3.60. The van der Waals surface area contributed by atoms with Gasteiger partial charge in [-0.15, -0.1) is 0 Å². The molecule has 3 nitrogen and oxygen atoms in total. The molecule has 0 amide bonds. The van der Waals surface area contributed by atoms with E-state index < -0.39 is 0 Å². The zero-order valence-electron chi connectivity index (χ0n) is 7.13. The maximum absolute atomic E-state index is 5.39. The number of nitrogens with two attached hydrogens (primary N) is 1. The summed E-state index contributed by atoms with van der Waals surface area (Å²) in [5, 5.41) is 1.82. The Bertz CT molecular complexity index is 78.0. The molecule has 10 heavy (non-hydrogen) atoms. The van der Waals surface area contributed by atoms with Crippen molar-refractivity contribution in [3.05, 3.63) is 0 Å². The normalized spacial score (nSPS) is 14.1. The van der Waals surface area contributed by atoms with Gasteiger partial charge in [0.05, 0.1) is 7.11 Å². The highest BCUT2D eigenvalue weighted by atomic mass is 16.7. The lowest BCUT2D eigenvalue weighted by molar-refractivity contribution is -0.117. The molecular weight excluding hydrogens is 128 g/mol. The van der Waals surface area contributed by atoms with Crippen LogP contribution in [0.25, 0.3) is 0 Å². The standard InChI is InChI=1S/C7H18N2O/c1-7(4-5-8)6-9(2)10-3/h7H,4-6,8H2,1-3H3. The van der Waals surface area contributed by atoms with Crippen LogP contribution >= 0.6 is 0 Å². The molecule has 0 heterocycles. The number of rotatable bonds is 5. The van der Waals surface area contributed by atoms with Gasteiger partial charge in [0.1, 0.15) is 0 Å².